The van der Waals surface area contributed by atoms with Gasteiger partial charge in [0.2, 0.25) is 0 Å². The summed E-state index contributed by atoms with van der Waals surface area (Å²) in [6.45, 7) is 3.54. The highest BCUT2D eigenvalue weighted by Gasteiger charge is 2.34. The molecule has 0 amide bonds. The molecule has 0 saturated heterocycles. The number of ether oxygens (including phenoxy) is 1. The van der Waals surface area contributed by atoms with Crippen molar-refractivity contribution >= 4 is 23.1 Å². The van der Waals surface area contributed by atoms with Crippen LogP contribution in [-0.4, -0.2) is 5.17 Å². The first-order valence-corrected chi connectivity index (χ1v) is 7.26. The Bertz CT molecular complexity index is 872. The summed E-state index contributed by atoms with van der Waals surface area (Å²) in [6, 6.07) is 8.79. The number of thiocarbonyl (C=S) groups is 1. The van der Waals surface area contributed by atoms with Crippen LogP contribution in [0.25, 0.3) is 11.1 Å². The number of rotatable bonds is 1. The highest BCUT2D eigenvalue weighted by Crippen LogP contribution is 2.40. The molecule has 3 rings (SSSR count). The van der Waals surface area contributed by atoms with Gasteiger partial charge in [0.25, 0.3) is 5.17 Å². The van der Waals surface area contributed by atoms with Gasteiger partial charge >= 0.3 is 0 Å². The largest absolute Gasteiger partial charge is 0.460 e. The molecular weight excluding hydrogens is 318 g/mol. The molecule has 23 heavy (non-hydrogen) atoms. The number of hydrogen-bond donors (Lipinski definition) is 1. The Kier molecular flexibility index (Phi) is 3.53. The molecule has 1 aliphatic heterocycles. The van der Waals surface area contributed by atoms with Crippen LogP contribution in [0.2, 0.25) is 0 Å². The minimum Gasteiger partial charge on any atom is -0.460 e. The maximum absolute atomic E-state index is 14.5. The van der Waals surface area contributed by atoms with E-state index in [1.54, 1.807) is 19.9 Å². The van der Waals surface area contributed by atoms with E-state index >= 15 is 0 Å². The molecule has 1 aliphatic rings. The Morgan fingerprint density at radius 1 is 1.13 bits per heavy atom. The molecule has 0 atom stereocenters. The molecule has 1 heterocycles. The molecule has 3 nitrogen and oxygen atoms in total. The van der Waals surface area contributed by atoms with E-state index < -0.39 is 17.2 Å². The molecule has 0 aromatic heterocycles. The van der Waals surface area contributed by atoms with Crippen LogP contribution < -0.4 is 5.32 Å². The van der Waals surface area contributed by atoms with E-state index in [1.807, 2.05) is 6.07 Å². The van der Waals surface area contributed by atoms with E-state index in [2.05, 4.69) is 5.32 Å². The third-order valence-corrected chi connectivity index (χ3v) is 3.86. The molecule has 6 heteroatoms. The summed E-state index contributed by atoms with van der Waals surface area (Å²) < 4.78 is 33.7. The third kappa shape index (κ3) is 2.76. The van der Waals surface area contributed by atoms with Gasteiger partial charge in [-0.3, -0.25) is 0 Å². The van der Waals surface area contributed by atoms with Gasteiger partial charge in [-0.2, -0.15) is 5.26 Å². The van der Waals surface area contributed by atoms with E-state index in [9.17, 15) is 8.78 Å². The fourth-order valence-corrected chi connectivity index (χ4v) is 2.92. The van der Waals surface area contributed by atoms with E-state index in [0.29, 0.717) is 16.7 Å². The average molecular weight is 330 g/mol. The van der Waals surface area contributed by atoms with Crippen molar-refractivity contribution in [2.75, 3.05) is 5.32 Å². The number of nitrogens with one attached hydrogen (secondary N) is 1. The number of hydrogen-bond acceptors (Lipinski definition) is 3. The molecule has 0 aliphatic carbocycles. The van der Waals surface area contributed by atoms with Gasteiger partial charge < -0.3 is 10.1 Å². The molecule has 0 fully saturated rings. The maximum Gasteiger partial charge on any atom is 0.262 e. The summed E-state index contributed by atoms with van der Waals surface area (Å²) >= 11 is 4.98. The van der Waals surface area contributed by atoms with Crippen molar-refractivity contribution in [3.8, 4) is 17.2 Å². The monoisotopic (exact) mass is 330 g/mol. The van der Waals surface area contributed by atoms with E-state index in [1.165, 1.54) is 18.2 Å². The zero-order valence-electron chi connectivity index (χ0n) is 12.4. The van der Waals surface area contributed by atoms with Crippen LogP contribution >= 0.6 is 12.2 Å². The van der Waals surface area contributed by atoms with E-state index in [4.69, 9.17) is 22.2 Å². The second-order valence-electron chi connectivity index (χ2n) is 5.75. The predicted octanol–water partition coefficient (Wildman–Crippen LogP) is 4.47. The van der Waals surface area contributed by atoms with Crippen LogP contribution in [0.4, 0.5) is 14.5 Å². The standard InChI is InChI=1S/C17H12F2N2OS/c1-17(2)13-6-11(7-14(19)15(13)21-16(23)22-17)10-3-9(8-20)4-12(18)5-10/h3-7H,1-2H3,(H,21,23). The lowest BCUT2D eigenvalue weighted by atomic mass is 9.90. The summed E-state index contributed by atoms with van der Waals surface area (Å²) in [5.41, 5.74) is 1.07. The number of benzene rings is 2. The van der Waals surface area contributed by atoms with Crippen LogP contribution in [0.1, 0.15) is 25.0 Å². The lowest BCUT2D eigenvalue weighted by Crippen LogP contribution is -2.35. The second kappa shape index (κ2) is 5.28. The first kappa shape index (κ1) is 15.4. The highest BCUT2D eigenvalue weighted by molar-refractivity contribution is 7.80. The van der Waals surface area contributed by atoms with Crippen molar-refractivity contribution in [2.45, 2.75) is 19.4 Å². The fourth-order valence-electron chi connectivity index (χ4n) is 2.61. The molecule has 0 saturated carbocycles. The van der Waals surface area contributed by atoms with Crippen molar-refractivity contribution in [2.24, 2.45) is 0 Å². The predicted molar refractivity (Wildman–Crippen MR) is 86.8 cm³/mol. The third-order valence-electron chi connectivity index (χ3n) is 3.67. The van der Waals surface area contributed by atoms with Crippen molar-refractivity contribution in [1.29, 1.82) is 5.26 Å². The van der Waals surface area contributed by atoms with Gasteiger partial charge in [-0.1, -0.05) is 0 Å². The maximum atomic E-state index is 14.5. The van der Waals surface area contributed by atoms with Gasteiger partial charge in [-0.15, -0.1) is 0 Å². The van der Waals surface area contributed by atoms with Crippen molar-refractivity contribution < 1.29 is 13.5 Å². The number of nitriles is 1. The van der Waals surface area contributed by atoms with Crippen molar-refractivity contribution in [1.82, 2.24) is 0 Å². The first-order valence-electron chi connectivity index (χ1n) is 6.85. The summed E-state index contributed by atoms with van der Waals surface area (Å²) in [4.78, 5) is 0. The number of anilines is 1. The molecular formula is C17H12F2N2OS. The summed E-state index contributed by atoms with van der Waals surface area (Å²) in [5.74, 6) is -1.06. The molecule has 0 unspecified atom stereocenters. The van der Waals surface area contributed by atoms with Gasteiger partial charge in [0.1, 0.15) is 17.2 Å². The highest BCUT2D eigenvalue weighted by atomic mass is 32.1. The van der Waals surface area contributed by atoms with Crippen LogP contribution in [0, 0.1) is 23.0 Å². The Hall–Kier alpha value is -2.52. The Morgan fingerprint density at radius 3 is 2.52 bits per heavy atom. The minimum atomic E-state index is -0.820. The lowest BCUT2D eigenvalue weighted by molar-refractivity contribution is 0.0942. The van der Waals surface area contributed by atoms with Crippen LogP contribution in [0.15, 0.2) is 30.3 Å². The quantitative estimate of drug-likeness (QED) is 0.784. The molecule has 0 spiro atoms. The Labute approximate surface area is 137 Å². The SMILES string of the molecule is CC1(C)OC(=S)Nc2c(F)cc(-c3cc(F)cc(C#N)c3)cc21. The van der Waals surface area contributed by atoms with Crippen LogP contribution in [0.3, 0.4) is 0 Å². The fraction of sp³-hybridized carbons (Fsp3) is 0.176. The van der Waals surface area contributed by atoms with Crippen molar-refractivity contribution in [3.63, 3.8) is 0 Å². The summed E-state index contributed by atoms with van der Waals surface area (Å²) in [7, 11) is 0. The van der Waals surface area contributed by atoms with E-state index in [-0.39, 0.29) is 16.4 Å². The average Bonchev–Trinajstić information content (AvgIpc) is 2.46. The molecule has 116 valence electrons. The Balaban J connectivity index is 2.21. The number of nitrogens with zero attached hydrogens (tertiary/aromatic N) is 1. The molecule has 0 bridgehead atoms. The molecule has 2 aromatic rings. The first-order chi connectivity index (χ1) is 10.8. The Morgan fingerprint density at radius 2 is 1.83 bits per heavy atom. The molecule has 0 radical (unpaired) electrons. The van der Waals surface area contributed by atoms with Gasteiger partial charge in [0.05, 0.1) is 17.3 Å². The summed E-state index contributed by atoms with van der Waals surface area (Å²) in [6.07, 6.45) is 0. The van der Waals surface area contributed by atoms with Crippen molar-refractivity contribution in [3.05, 3.63) is 53.1 Å². The molecule has 1 N–H and O–H groups in total. The smallest absolute Gasteiger partial charge is 0.262 e. The molecule has 2 aromatic carbocycles. The topological polar surface area (TPSA) is 45.0 Å². The van der Waals surface area contributed by atoms with E-state index in [0.717, 1.165) is 6.07 Å². The lowest BCUT2D eigenvalue weighted by Gasteiger charge is -2.34. The zero-order valence-corrected chi connectivity index (χ0v) is 13.2. The van der Waals surface area contributed by atoms with Crippen LogP contribution in [-0.2, 0) is 10.3 Å². The second-order valence-corrected chi connectivity index (χ2v) is 6.12. The number of fused-ring (bicyclic) bond motifs is 1. The van der Waals surface area contributed by atoms with Gasteiger partial charge in [0, 0.05) is 5.56 Å². The number of halogens is 2. The summed E-state index contributed by atoms with van der Waals surface area (Å²) in [5, 5.41) is 11.8. The van der Waals surface area contributed by atoms with Gasteiger partial charge in [-0.25, -0.2) is 8.78 Å². The normalized spacial score (nSPS) is 15.2. The minimum absolute atomic E-state index is 0.103. The van der Waals surface area contributed by atoms with Gasteiger partial charge in [0.15, 0.2) is 0 Å². The van der Waals surface area contributed by atoms with Crippen LogP contribution in [0.5, 0.6) is 0 Å². The van der Waals surface area contributed by atoms with Gasteiger partial charge in [-0.05, 0) is 67.5 Å². The zero-order chi connectivity index (χ0) is 16.8.